The second-order valence-corrected chi connectivity index (χ2v) is 7.06. The maximum absolute atomic E-state index is 12.4. The highest BCUT2D eigenvalue weighted by atomic mass is 79.9. The first-order valence-electron chi connectivity index (χ1n) is 8.12. The van der Waals surface area contributed by atoms with Gasteiger partial charge in [-0.15, -0.1) is 0 Å². The van der Waals surface area contributed by atoms with Crippen LogP contribution in [0.3, 0.4) is 0 Å². The summed E-state index contributed by atoms with van der Waals surface area (Å²) in [5.74, 6) is -0.397. The van der Waals surface area contributed by atoms with E-state index in [4.69, 9.17) is 0 Å². The maximum atomic E-state index is 12.4. The molecule has 4 rings (SSSR count). The van der Waals surface area contributed by atoms with E-state index in [1.165, 1.54) is 4.90 Å². The third-order valence-corrected chi connectivity index (χ3v) is 5.06. The van der Waals surface area contributed by atoms with E-state index in [2.05, 4.69) is 21.0 Å². The number of hydrogen-bond donors (Lipinski definition) is 0. The molecule has 1 aromatic heterocycles. The molecular formula is C19H16BrN3O2. The van der Waals surface area contributed by atoms with Crippen molar-refractivity contribution in [1.29, 1.82) is 0 Å². The molecule has 126 valence electrons. The molecule has 1 aliphatic rings. The summed E-state index contributed by atoms with van der Waals surface area (Å²) in [7, 11) is 1.92. The SMILES string of the molecule is Cn1nc(CCCN2C(=O)c3ccccc3C2=O)c2ccc(Br)cc21. The number of carbonyl (C=O) groups is 2. The summed E-state index contributed by atoms with van der Waals surface area (Å²) in [6.07, 6.45) is 1.40. The summed E-state index contributed by atoms with van der Waals surface area (Å²) < 4.78 is 2.87. The summed E-state index contributed by atoms with van der Waals surface area (Å²) >= 11 is 3.48. The molecule has 25 heavy (non-hydrogen) atoms. The molecule has 5 nitrogen and oxygen atoms in total. The van der Waals surface area contributed by atoms with Gasteiger partial charge in [0.15, 0.2) is 0 Å². The molecule has 2 amide bonds. The van der Waals surface area contributed by atoms with E-state index in [1.54, 1.807) is 24.3 Å². The molecule has 6 heteroatoms. The van der Waals surface area contributed by atoms with Crippen LogP contribution >= 0.6 is 15.9 Å². The van der Waals surface area contributed by atoms with Crippen LogP contribution in [0.4, 0.5) is 0 Å². The van der Waals surface area contributed by atoms with Crippen LogP contribution in [0, 0.1) is 0 Å². The van der Waals surface area contributed by atoms with Crippen molar-refractivity contribution >= 4 is 38.6 Å². The van der Waals surface area contributed by atoms with E-state index in [0.29, 0.717) is 30.5 Å². The van der Waals surface area contributed by atoms with Crippen molar-refractivity contribution in [2.24, 2.45) is 7.05 Å². The molecule has 0 bridgehead atoms. The lowest BCUT2D eigenvalue weighted by molar-refractivity contribution is 0.0652. The molecule has 2 heterocycles. The molecule has 0 fully saturated rings. The first kappa shape index (κ1) is 16.0. The number of carbonyl (C=O) groups excluding carboxylic acids is 2. The van der Waals surface area contributed by atoms with Crippen molar-refractivity contribution < 1.29 is 9.59 Å². The molecule has 0 unspecified atom stereocenters. The number of benzene rings is 2. The molecular weight excluding hydrogens is 382 g/mol. The highest BCUT2D eigenvalue weighted by Crippen LogP contribution is 2.25. The predicted molar refractivity (Wildman–Crippen MR) is 98.5 cm³/mol. The minimum Gasteiger partial charge on any atom is -0.274 e. The van der Waals surface area contributed by atoms with Crippen LogP contribution in [0.2, 0.25) is 0 Å². The average Bonchev–Trinajstić information content (AvgIpc) is 3.05. The normalized spacial score (nSPS) is 13.8. The second kappa shape index (κ2) is 6.11. The van der Waals surface area contributed by atoms with Crippen LogP contribution in [0.25, 0.3) is 10.9 Å². The molecule has 0 spiro atoms. The van der Waals surface area contributed by atoms with Crippen molar-refractivity contribution in [1.82, 2.24) is 14.7 Å². The third-order valence-electron chi connectivity index (χ3n) is 4.56. The Morgan fingerprint density at radius 2 is 1.72 bits per heavy atom. The van der Waals surface area contributed by atoms with Gasteiger partial charge in [0.05, 0.1) is 22.3 Å². The Labute approximate surface area is 153 Å². The van der Waals surface area contributed by atoms with Crippen LogP contribution in [-0.2, 0) is 13.5 Å². The van der Waals surface area contributed by atoms with Gasteiger partial charge >= 0.3 is 0 Å². The van der Waals surface area contributed by atoms with E-state index in [0.717, 1.165) is 21.1 Å². The Hall–Kier alpha value is -2.47. The highest BCUT2D eigenvalue weighted by molar-refractivity contribution is 9.10. The van der Waals surface area contributed by atoms with Gasteiger partial charge in [0.2, 0.25) is 0 Å². The molecule has 3 aromatic rings. The quantitative estimate of drug-likeness (QED) is 0.632. The minimum absolute atomic E-state index is 0.199. The van der Waals surface area contributed by atoms with Gasteiger partial charge in [0.25, 0.3) is 11.8 Å². The smallest absolute Gasteiger partial charge is 0.261 e. The van der Waals surface area contributed by atoms with Gasteiger partial charge in [-0.1, -0.05) is 28.1 Å². The monoisotopic (exact) mass is 397 g/mol. The van der Waals surface area contributed by atoms with Crippen LogP contribution in [0.5, 0.6) is 0 Å². The van der Waals surface area contributed by atoms with E-state index in [1.807, 2.05) is 29.9 Å². The van der Waals surface area contributed by atoms with E-state index in [9.17, 15) is 9.59 Å². The van der Waals surface area contributed by atoms with Crippen LogP contribution < -0.4 is 0 Å². The molecule has 0 N–H and O–H groups in total. The first-order chi connectivity index (χ1) is 12.1. The lowest BCUT2D eigenvalue weighted by Crippen LogP contribution is -2.31. The van der Waals surface area contributed by atoms with Gasteiger partial charge in [0.1, 0.15) is 0 Å². The standard InChI is InChI=1S/C19H16BrN3O2/c1-22-17-11-12(20)8-9-15(17)16(21-22)7-4-10-23-18(24)13-5-2-3-6-14(13)19(23)25/h2-3,5-6,8-9,11H,4,7,10H2,1H3. The van der Waals surface area contributed by atoms with Gasteiger partial charge in [-0.25, -0.2) is 0 Å². The van der Waals surface area contributed by atoms with Crippen molar-refractivity contribution in [3.63, 3.8) is 0 Å². The Kier molecular flexibility index (Phi) is 3.92. The fourth-order valence-electron chi connectivity index (χ4n) is 3.34. The molecule has 0 aliphatic carbocycles. The zero-order valence-electron chi connectivity index (χ0n) is 13.7. The molecule has 0 saturated heterocycles. The minimum atomic E-state index is -0.199. The molecule has 2 aromatic carbocycles. The summed E-state index contributed by atoms with van der Waals surface area (Å²) in [6, 6.07) is 13.1. The summed E-state index contributed by atoms with van der Waals surface area (Å²) in [6.45, 7) is 0.404. The molecule has 0 saturated carbocycles. The van der Waals surface area contributed by atoms with Gasteiger partial charge < -0.3 is 0 Å². The van der Waals surface area contributed by atoms with Crippen molar-refractivity contribution in [2.75, 3.05) is 6.54 Å². The molecule has 0 atom stereocenters. The number of hydrogen-bond acceptors (Lipinski definition) is 3. The topological polar surface area (TPSA) is 55.2 Å². The number of aryl methyl sites for hydroxylation is 2. The maximum Gasteiger partial charge on any atom is 0.261 e. The van der Waals surface area contributed by atoms with Crippen molar-refractivity contribution in [3.05, 3.63) is 63.8 Å². The lowest BCUT2D eigenvalue weighted by atomic mass is 10.1. The summed E-state index contributed by atoms with van der Waals surface area (Å²) in [5, 5.41) is 5.68. The zero-order valence-corrected chi connectivity index (χ0v) is 15.3. The van der Waals surface area contributed by atoms with Crippen molar-refractivity contribution in [2.45, 2.75) is 12.8 Å². The fraction of sp³-hybridized carbons (Fsp3) is 0.211. The van der Waals surface area contributed by atoms with Gasteiger partial charge in [0, 0.05) is 23.5 Å². The number of halogens is 1. The second-order valence-electron chi connectivity index (χ2n) is 6.14. The summed E-state index contributed by atoms with van der Waals surface area (Å²) in [5.41, 5.74) is 3.05. The lowest BCUT2D eigenvalue weighted by Gasteiger charge is -2.13. The van der Waals surface area contributed by atoms with Gasteiger partial charge in [-0.3, -0.25) is 19.2 Å². The van der Waals surface area contributed by atoms with E-state index >= 15 is 0 Å². The number of nitrogens with zero attached hydrogens (tertiary/aromatic N) is 3. The first-order valence-corrected chi connectivity index (χ1v) is 8.92. The fourth-order valence-corrected chi connectivity index (χ4v) is 3.69. The van der Waals surface area contributed by atoms with Gasteiger partial charge in [-0.2, -0.15) is 5.10 Å². The third kappa shape index (κ3) is 2.66. The van der Waals surface area contributed by atoms with E-state index in [-0.39, 0.29) is 11.8 Å². The van der Waals surface area contributed by atoms with Crippen molar-refractivity contribution in [3.8, 4) is 0 Å². The number of amides is 2. The highest BCUT2D eigenvalue weighted by Gasteiger charge is 2.34. The zero-order chi connectivity index (χ0) is 17.6. The Bertz CT molecular complexity index is 974. The number of fused-ring (bicyclic) bond motifs is 2. The number of rotatable bonds is 4. The van der Waals surface area contributed by atoms with Crippen LogP contribution in [0.15, 0.2) is 46.9 Å². The average molecular weight is 398 g/mol. The Morgan fingerprint density at radius 1 is 1.04 bits per heavy atom. The Balaban J connectivity index is 1.49. The van der Waals surface area contributed by atoms with Crippen LogP contribution in [0.1, 0.15) is 32.8 Å². The number of aromatic nitrogens is 2. The van der Waals surface area contributed by atoms with E-state index < -0.39 is 0 Å². The Morgan fingerprint density at radius 3 is 2.40 bits per heavy atom. The van der Waals surface area contributed by atoms with Gasteiger partial charge in [-0.05, 0) is 43.2 Å². The predicted octanol–water partition coefficient (Wildman–Crippen LogP) is 3.56. The summed E-state index contributed by atoms with van der Waals surface area (Å²) in [4.78, 5) is 26.1. The molecule has 0 radical (unpaired) electrons. The molecule has 1 aliphatic heterocycles. The largest absolute Gasteiger partial charge is 0.274 e. The van der Waals surface area contributed by atoms with Crippen LogP contribution in [-0.4, -0.2) is 33.0 Å². The number of imide groups is 1.